The third-order valence-corrected chi connectivity index (χ3v) is 26.8. The van der Waals surface area contributed by atoms with Crippen LogP contribution in [0.2, 0.25) is 0 Å². The molecule has 0 atom stereocenters. The fourth-order valence-electron chi connectivity index (χ4n) is 19.7. The SMILES string of the molecule is Cc1ccc2c(c1)c1cc(-c3ccc(N(c4ccc(-c5ccccc5)cc4)c4c(F)c(F)c(-c5c(F)c(F)c(F)c(F)c5F)c(F)c4F)cc3)ccc1n2-c1ccccc1.Cc1ccc2c(c1)c1cc(-c3ccc(N(c4ccc(F)cc4)c4ccc(-c5ccccc5)cc4)cc3)ccc1n2-c1ccccc1.Cc1ccc2c(c1)c1cc(-c3ccc(N(c4ccccc4)c4ccc(F)cc4)cc3)ccc1n2-c1ccccc1. The Hall–Kier alpha value is -18.4. The molecule has 6 nitrogen and oxygen atoms in total. The van der Waals surface area contributed by atoms with Gasteiger partial charge in [-0.3, -0.25) is 0 Å². The summed E-state index contributed by atoms with van der Waals surface area (Å²) in [6, 6.07) is 151. The first-order valence-electron chi connectivity index (χ1n) is 47.5. The summed E-state index contributed by atoms with van der Waals surface area (Å²) in [7, 11) is 0. The molecule has 3 aromatic heterocycles. The molecule has 0 radical (unpaired) electrons. The summed E-state index contributed by atoms with van der Waals surface area (Å²) < 4.78 is 171. The van der Waals surface area contributed by atoms with E-state index in [1.165, 1.54) is 114 Å². The number of hydrogen-bond acceptors (Lipinski definition) is 3. The fraction of sp³-hybridized carbons (Fsp3) is 0.0233. The van der Waals surface area contributed by atoms with E-state index in [-0.39, 0.29) is 23.0 Å². The largest absolute Gasteiger partial charge is 0.311 e. The van der Waals surface area contributed by atoms with Crippen LogP contribution in [-0.4, -0.2) is 13.7 Å². The van der Waals surface area contributed by atoms with Crippen molar-refractivity contribution in [3.8, 4) is 83.8 Å². The normalized spacial score (nSPS) is 11.4. The van der Waals surface area contributed by atoms with E-state index >= 15 is 17.6 Å². The second kappa shape index (κ2) is 39.3. The molecule has 146 heavy (non-hydrogen) atoms. The van der Waals surface area contributed by atoms with Crippen LogP contribution >= 0.6 is 0 Å². The predicted molar refractivity (Wildman–Crippen MR) is 573 cm³/mol. The number of nitrogens with zero attached hydrogens (tertiary/aromatic N) is 6. The van der Waals surface area contributed by atoms with Gasteiger partial charge < -0.3 is 28.4 Å². The number of halogens is 11. The molecule has 0 amide bonds. The Morgan fingerprint density at radius 3 is 0.623 bits per heavy atom. The average Bonchev–Trinajstić information content (AvgIpc) is 1.05. The molecule has 0 saturated carbocycles. The highest BCUT2D eigenvalue weighted by Gasteiger charge is 2.37. The third-order valence-electron chi connectivity index (χ3n) is 26.8. The van der Waals surface area contributed by atoms with E-state index in [0.717, 1.165) is 117 Å². The van der Waals surface area contributed by atoms with Crippen LogP contribution in [0.3, 0.4) is 0 Å². The molecule has 24 aromatic rings. The first-order chi connectivity index (χ1) is 71.2. The van der Waals surface area contributed by atoms with Crippen molar-refractivity contribution in [2.24, 2.45) is 0 Å². The first-order valence-corrected chi connectivity index (χ1v) is 47.5. The van der Waals surface area contributed by atoms with Gasteiger partial charge in [0.2, 0.25) is 5.82 Å². The van der Waals surface area contributed by atoms with E-state index < -0.39 is 69.2 Å². The van der Waals surface area contributed by atoms with Gasteiger partial charge in [0, 0.05) is 94.9 Å². The molecule has 0 unspecified atom stereocenters. The number of para-hydroxylation sites is 4. The molecule has 0 N–H and O–H groups in total. The molecule has 17 heteroatoms. The molecular formula is C129H85F11N6. The van der Waals surface area contributed by atoms with Crippen molar-refractivity contribution in [2.75, 3.05) is 14.7 Å². The highest BCUT2D eigenvalue weighted by atomic mass is 19.2. The minimum absolute atomic E-state index is 0.00387. The lowest BCUT2D eigenvalue weighted by atomic mass is 9.99. The lowest BCUT2D eigenvalue weighted by Gasteiger charge is -2.27. The van der Waals surface area contributed by atoms with E-state index in [1.807, 2.05) is 128 Å². The van der Waals surface area contributed by atoms with Gasteiger partial charge in [0.15, 0.2) is 46.5 Å². The Kier molecular flexibility index (Phi) is 24.9. The van der Waals surface area contributed by atoms with E-state index in [1.54, 1.807) is 36.4 Å². The molecule has 21 aromatic carbocycles. The standard InChI is InChI=1S/C49H27F9N2.C43H31FN2.C37H27FN2/c1-26-12-22-36-34(24-26)35-25-30(17-23-37(35)60(36)31-10-6-3-7-11-31)29-15-20-33(21-16-29)59(32-18-13-28(14-19-32)27-8-4-2-5-9-27)49-47(57)42(52)39(43(53)48(49)58)38-40(50)44(54)46(56)45(55)41(38)51;1-30-12-26-42-40(28-30)41-29-34(17-27-43(41)46(42)36-10-6-3-7-11-36)33-15-22-38(23-16-33)45(39-24-18-35(44)19-25-39)37-20-13-32(14-21-37)31-8-4-2-5-9-31;1-26-12-22-36-34(24-26)35-25-28(15-23-37(35)40(36)31-10-6-3-7-11-31)27-13-18-32(19-14-27)39(30-8-4-2-5-9-30)33-20-16-29(38)17-21-33/h2-25H,1H3;2-29H,1H3;2-25H,1H3. The van der Waals surface area contributed by atoms with Crippen molar-refractivity contribution in [2.45, 2.75) is 20.8 Å². The average molecular weight is 1930 g/mol. The Bertz CT molecular complexity index is 8950. The predicted octanol–water partition coefficient (Wildman–Crippen LogP) is 37.2. The monoisotopic (exact) mass is 1930 g/mol. The van der Waals surface area contributed by atoms with Crippen LogP contribution in [0, 0.1) is 84.8 Å². The summed E-state index contributed by atoms with van der Waals surface area (Å²) in [4.78, 5) is 5.16. The minimum atomic E-state index is -2.64. The number of hydrogen-bond donors (Lipinski definition) is 0. The van der Waals surface area contributed by atoms with Gasteiger partial charge in [0.25, 0.3) is 0 Å². The van der Waals surface area contributed by atoms with Crippen LogP contribution in [0.15, 0.2) is 461 Å². The molecule has 24 rings (SSSR count). The van der Waals surface area contributed by atoms with E-state index in [4.69, 9.17) is 0 Å². The van der Waals surface area contributed by atoms with E-state index in [0.29, 0.717) is 11.1 Å². The Balaban J connectivity index is 0.000000127. The molecule has 708 valence electrons. The van der Waals surface area contributed by atoms with Gasteiger partial charge in [-0.15, -0.1) is 0 Å². The van der Waals surface area contributed by atoms with Crippen LogP contribution in [-0.2, 0) is 0 Å². The summed E-state index contributed by atoms with van der Waals surface area (Å²) in [5, 5.41) is 6.95. The number of fused-ring (bicyclic) bond motifs is 9. The van der Waals surface area contributed by atoms with Crippen LogP contribution in [0.4, 0.5) is 99.5 Å². The van der Waals surface area contributed by atoms with Crippen LogP contribution in [0.25, 0.3) is 149 Å². The van der Waals surface area contributed by atoms with Gasteiger partial charge in [-0.1, -0.05) is 247 Å². The quantitative estimate of drug-likeness (QED) is 0.0486. The lowest BCUT2D eigenvalue weighted by molar-refractivity contribution is 0.379. The lowest BCUT2D eigenvalue weighted by Crippen LogP contribution is -2.17. The van der Waals surface area contributed by atoms with Gasteiger partial charge in [-0.2, -0.15) is 0 Å². The maximum Gasteiger partial charge on any atom is 0.200 e. The first kappa shape index (κ1) is 92.7. The molecule has 0 bridgehead atoms. The fourth-order valence-corrected chi connectivity index (χ4v) is 19.7. The summed E-state index contributed by atoms with van der Waals surface area (Å²) in [6.45, 7) is 6.30. The van der Waals surface area contributed by atoms with Crippen molar-refractivity contribution in [1.82, 2.24) is 13.7 Å². The second-order valence-electron chi connectivity index (χ2n) is 36.0. The highest BCUT2D eigenvalue weighted by Crippen LogP contribution is 2.49. The van der Waals surface area contributed by atoms with Gasteiger partial charge in [0.1, 0.15) is 17.3 Å². The molecule has 0 aliphatic rings. The molecule has 0 fully saturated rings. The summed E-state index contributed by atoms with van der Waals surface area (Å²) in [5.41, 5.74) is 23.7. The van der Waals surface area contributed by atoms with Gasteiger partial charge in [0.05, 0.1) is 44.2 Å². The van der Waals surface area contributed by atoms with Crippen molar-refractivity contribution in [3.05, 3.63) is 542 Å². The zero-order chi connectivity index (χ0) is 100. The van der Waals surface area contributed by atoms with Crippen molar-refractivity contribution in [1.29, 1.82) is 0 Å². The molecule has 0 aliphatic heterocycles. The van der Waals surface area contributed by atoms with Gasteiger partial charge in [-0.25, -0.2) is 48.3 Å². The zero-order valence-electron chi connectivity index (χ0n) is 78.7. The van der Waals surface area contributed by atoms with Crippen LogP contribution < -0.4 is 14.7 Å². The number of anilines is 9. The third kappa shape index (κ3) is 17.5. The number of benzene rings is 21. The second-order valence-corrected chi connectivity index (χ2v) is 36.0. The number of rotatable bonds is 18. The van der Waals surface area contributed by atoms with Gasteiger partial charge >= 0.3 is 0 Å². The van der Waals surface area contributed by atoms with Crippen LogP contribution in [0.5, 0.6) is 0 Å². The summed E-state index contributed by atoms with van der Waals surface area (Å²) >= 11 is 0. The maximum absolute atomic E-state index is 16.3. The molecule has 3 heterocycles. The van der Waals surface area contributed by atoms with E-state index in [2.05, 4.69) is 292 Å². The van der Waals surface area contributed by atoms with Crippen molar-refractivity contribution in [3.63, 3.8) is 0 Å². The maximum atomic E-state index is 16.3. The van der Waals surface area contributed by atoms with Gasteiger partial charge in [-0.05, 0) is 307 Å². The Morgan fingerprint density at radius 2 is 0.349 bits per heavy atom. The van der Waals surface area contributed by atoms with Crippen molar-refractivity contribution < 1.29 is 48.3 Å². The summed E-state index contributed by atoms with van der Waals surface area (Å²) in [6.07, 6.45) is 0. The molecule has 0 aliphatic carbocycles. The molecular weight excluding hydrogens is 1840 g/mol. The zero-order valence-corrected chi connectivity index (χ0v) is 78.7. The minimum Gasteiger partial charge on any atom is -0.311 e. The van der Waals surface area contributed by atoms with E-state index in [9.17, 15) is 30.7 Å². The Morgan fingerprint density at radius 1 is 0.158 bits per heavy atom. The number of aromatic nitrogens is 3. The topological polar surface area (TPSA) is 24.5 Å². The Labute approximate surface area is 834 Å². The van der Waals surface area contributed by atoms with Crippen LogP contribution in [0.1, 0.15) is 16.7 Å². The molecule has 0 spiro atoms. The summed E-state index contributed by atoms with van der Waals surface area (Å²) in [5.74, 6) is -22.6. The highest BCUT2D eigenvalue weighted by molar-refractivity contribution is 6.13. The molecule has 0 saturated heterocycles. The van der Waals surface area contributed by atoms with Crippen molar-refractivity contribution >= 4 is 117 Å². The number of aryl methyl sites for hydroxylation is 3. The smallest absolute Gasteiger partial charge is 0.200 e.